The number of hydrogen-bond donors (Lipinski definition) is 5. The molecule has 0 saturated heterocycles. The van der Waals surface area contributed by atoms with Gasteiger partial charge in [0.2, 0.25) is 11.0 Å². The van der Waals surface area contributed by atoms with Crippen molar-refractivity contribution in [3.63, 3.8) is 0 Å². The number of nitrogens with one attached hydrogen (secondary N) is 1. The van der Waals surface area contributed by atoms with Crippen molar-refractivity contribution in [2.75, 3.05) is 40.0 Å². The van der Waals surface area contributed by atoms with E-state index in [1.54, 1.807) is 12.1 Å². The van der Waals surface area contributed by atoms with Gasteiger partial charge >= 0.3 is 13.7 Å². The number of hydrogen-bond acceptors (Lipinski definition) is 9. The van der Waals surface area contributed by atoms with Gasteiger partial charge in [-0.2, -0.15) is 0 Å². The number of benzene rings is 2. The molecule has 0 aromatic heterocycles. The monoisotopic (exact) mass is 630 g/mol. The quantitative estimate of drug-likeness (QED) is 0.152. The molecular weight excluding hydrogens is 597 g/mol. The fourth-order valence-corrected chi connectivity index (χ4v) is 5.18. The highest BCUT2D eigenvalue weighted by Crippen LogP contribution is 2.59. The van der Waals surface area contributed by atoms with Crippen molar-refractivity contribution >= 4 is 34.2 Å². The summed E-state index contributed by atoms with van der Waals surface area (Å²) in [6.07, 6.45) is -1.03. The van der Waals surface area contributed by atoms with Crippen LogP contribution in [0.2, 0.25) is 0 Å². The molecule has 16 heteroatoms. The van der Waals surface area contributed by atoms with Crippen molar-refractivity contribution in [3.8, 4) is 11.5 Å². The first-order chi connectivity index (χ1) is 19.8. The van der Waals surface area contributed by atoms with Gasteiger partial charge < -0.3 is 44.2 Å². The van der Waals surface area contributed by atoms with Crippen molar-refractivity contribution in [1.29, 1.82) is 0 Å². The molecule has 3 unspecified atom stereocenters. The molecule has 0 bridgehead atoms. The second-order valence-corrected chi connectivity index (χ2v) is 12.8. The first-order valence-electron chi connectivity index (χ1n) is 12.9. The van der Waals surface area contributed by atoms with Gasteiger partial charge in [-0.25, -0.2) is 9.18 Å². The Morgan fingerprint density at radius 3 is 2.60 bits per heavy atom. The number of rotatable bonds is 14. The molecule has 5 N–H and O–H groups in total. The number of nitrogens with zero attached hydrogens (tertiary/aromatic N) is 1. The van der Waals surface area contributed by atoms with Gasteiger partial charge in [0.1, 0.15) is 23.9 Å². The minimum atomic E-state index is -4.91. The van der Waals surface area contributed by atoms with Gasteiger partial charge in [0.15, 0.2) is 5.78 Å². The Balaban J connectivity index is 1.35. The molecule has 0 fully saturated rings. The summed E-state index contributed by atoms with van der Waals surface area (Å²) in [4.78, 5) is 65.8. The molecule has 3 rings (SSSR count). The maximum Gasteiger partial charge on any atom is 0.415 e. The number of carbonyl (C=O) groups excluding carboxylic acids is 3. The molecule has 0 aliphatic carbocycles. The Morgan fingerprint density at radius 2 is 1.93 bits per heavy atom. The van der Waals surface area contributed by atoms with E-state index >= 15 is 0 Å². The zero-order chi connectivity index (χ0) is 30.9. The number of amides is 2. The molecule has 2 aromatic carbocycles. The summed E-state index contributed by atoms with van der Waals surface area (Å²) < 4.78 is 40.9. The average molecular weight is 630 g/mol. The zero-order valence-corrected chi connectivity index (χ0v) is 24.6. The van der Waals surface area contributed by atoms with E-state index in [0.717, 1.165) is 0 Å². The molecule has 2 aromatic rings. The number of ether oxygens (including phenoxy) is 3. The summed E-state index contributed by atoms with van der Waals surface area (Å²) >= 11 is 0. The molecule has 3 atom stereocenters. The molecule has 1 heterocycles. The SMILES string of the molecule is CN(CCOCCC(=O)NCCCC(O)(PO)P(=O)(O)O)C(=O)Oc1ccc2c(c1)OCC(c1ccc(F)cc1)C2=O. The lowest BCUT2D eigenvalue weighted by atomic mass is 9.89. The van der Waals surface area contributed by atoms with Gasteiger partial charge in [-0.3, -0.25) is 14.2 Å². The number of halogens is 1. The maximum absolute atomic E-state index is 13.2. The standard InChI is InChI=1S/C26H33FN2O11P2/c1-29(12-14-38-13-9-23(30)28-11-2-10-26(33,41-34)42(35,36)37)25(32)40-19-7-8-20-22(15-19)39-16-21(24(20)31)17-3-5-18(27)6-4-17/h3-8,15,21,33-34,41H,2,9-14,16H2,1H3,(H,28,30)(H2,35,36,37). The Labute approximate surface area is 243 Å². The molecule has 1 aliphatic rings. The number of Topliss-reactive ketones (excluding diaryl/α,β-unsaturated/α-hetero) is 1. The Bertz CT molecular complexity index is 1310. The minimum Gasteiger partial charge on any atom is -0.492 e. The van der Waals surface area contributed by atoms with E-state index in [4.69, 9.17) is 28.9 Å². The third kappa shape index (κ3) is 9.02. The number of fused-ring (bicyclic) bond motifs is 1. The summed E-state index contributed by atoms with van der Waals surface area (Å²) in [7, 11) is -4.78. The van der Waals surface area contributed by atoms with Gasteiger partial charge in [-0.15, -0.1) is 0 Å². The van der Waals surface area contributed by atoms with E-state index in [1.807, 2.05) is 0 Å². The van der Waals surface area contributed by atoms with Gasteiger partial charge in [0.05, 0.1) is 33.5 Å². The highest BCUT2D eigenvalue weighted by molar-refractivity contribution is 7.64. The summed E-state index contributed by atoms with van der Waals surface area (Å²) in [6, 6.07) is 10.1. The van der Waals surface area contributed by atoms with Crippen LogP contribution in [0.5, 0.6) is 11.5 Å². The van der Waals surface area contributed by atoms with Crippen LogP contribution in [0, 0.1) is 5.82 Å². The van der Waals surface area contributed by atoms with E-state index in [9.17, 15) is 28.4 Å². The van der Waals surface area contributed by atoms with Crippen LogP contribution in [0.3, 0.4) is 0 Å². The highest BCUT2D eigenvalue weighted by Gasteiger charge is 2.44. The first-order valence-corrected chi connectivity index (χ1v) is 15.4. The second-order valence-electron chi connectivity index (χ2n) is 9.52. The molecule has 0 saturated carbocycles. The minimum absolute atomic E-state index is 0.00542. The smallest absolute Gasteiger partial charge is 0.415 e. The molecule has 13 nitrogen and oxygen atoms in total. The van der Waals surface area contributed by atoms with Crippen molar-refractivity contribution in [2.45, 2.75) is 30.3 Å². The van der Waals surface area contributed by atoms with Crippen molar-refractivity contribution in [2.24, 2.45) is 0 Å². The predicted molar refractivity (Wildman–Crippen MR) is 149 cm³/mol. The van der Waals surface area contributed by atoms with Crippen LogP contribution in [0.1, 0.15) is 41.1 Å². The lowest BCUT2D eigenvalue weighted by molar-refractivity contribution is -0.122. The van der Waals surface area contributed by atoms with Crippen LogP contribution in [0.4, 0.5) is 9.18 Å². The van der Waals surface area contributed by atoms with Crippen LogP contribution < -0.4 is 14.8 Å². The van der Waals surface area contributed by atoms with Crippen LogP contribution in [0.15, 0.2) is 42.5 Å². The summed E-state index contributed by atoms with van der Waals surface area (Å²) in [6.45, 7) is 0.417. The predicted octanol–water partition coefficient (Wildman–Crippen LogP) is 2.33. The van der Waals surface area contributed by atoms with Crippen LogP contribution in [-0.4, -0.2) is 87.5 Å². The largest absolute Gasteiger partial charge is 0.492 e. The van der Waals surface area contributed by atoms with E-state index in [-0.39, 0.29) is 75.4 Å². The normalized spacial score (nSPS) is 16.4. The fourth-order valence-electron chi connectivity index (χ4n) is 3.92. The molecule has 2 amide bonds. The van der Waals surface area contributed by atoms with Crippen LogP contribution in [-0.2, 0) is 14.1 Å². The summed E-state index contributed by atoms with van der Waals surface area (Å²) in [5, 5.41) is 9.80. The van der Waals surface area contributed by atoms with Gasteiger partial charge in [-0.05, 0) is 42.7 Å². The molecule has 1 aliphatic heterocycles. The maximum atomic E-state index is 13.2. The van der Waals surface area contributed by atoms with E-state index < -0.39 is 39.3 Å². The lowest BCUT2D eigenvalue weighted by Crippen LogP contribution is -2.33. The molecule has 0 spiro atoms. The van der Waals surface area contributed by atoms with Crippen molar-refractivity contribution in [3.05, 3.63) is 59.4 Å². The Kier molecular flexibility index (Phi) is 12.0. The topological polar surface area (TPSA) is 192 Å². The van der Waals surface area contributed by atoms with Gasteiger partial charge in [-0.1, -0.05) is 12.1 Å². The molecule has 0 radical (unpaired) electrons. The summed E-state index contributed by atoms with van der Waals surface area (Å²) in [5.41, 5.74) is 0.968. The highest BCUT2D eigenvalue weighted by atomic mass is 31.2. The number of ketones is 1. The van der Waals surface area contributed by atoms with E-state index in [2.05, 4.69) is 5.32 Å². The van der Waals surface area contributed by atoms with Crippen molar-refractivity contribution < 1.29 is 57.3 Å². The molecule has 42 heavy (non-hydrogen) atoms. The molecular formula is C26H33FN2O11P2. The lowest BCUT2D eigenvalue weighted by Gasteiger charge is -2.26. The third-order valence-corrected chi connectivity index (χ3v) is 9.43. The van der Waals surface area contributed by atoms with Crippen molar-refractivity contribution in [1.82, 2.24) is 10.2 Å². The number of likely N-dealkylation sites (N-methyl/N-ethyl adjacent to an activating group) is 1. The fraction of sp³-hybridized carbons (Fsp3) is 0.423. The zero-order valence-electron chi connectivity index (χ0n) is 22.7. The third-order valence-electron chi connectivity index (χ3n) is 6.46. The average Bonchev–Trinajstić information content (AvgIpc) is 2.95. The van der Waals surface area contributed by atoms with Gasteiger partial charge in [0, 0.05) is 32.6 Å². The Morgan fingerprint density at radius 1 is 1.21 bits per heavy atom. The second kappa shape index (κ2) is 15.0. The molecule has 230 valence electrons. The summed E-state index contributed by atoms with van der Waals surface area (Å²) in [5.74, 6) is -1.08. The number of aliphatic hydroxyl groups is 1. The van der Waals surface area contributed by atoms with Crippen LogP contribution in [0.25, 0.3) is 0 Å². The first kappa shape index (κ1) is 33.5. The van der Waals surface area contributed by atoms with E-state index in [1.165, 1.54) is 42.3 Å². The van der Waals surface area contributed by atoms with Crippen LogP contribution >= 0.6 is 16.4 Å². The van der Waals surface area contributed by atoms with E-state index in [0.29, 0.717) is 11.1 Å². The van der Waals surface area contributed by atoms with Gasteiger partial charge in [0.25, 0.3) is 0 Å². The number of carbonyl (C=O) groups is 3. The Hall–Kier alpha value is -2.96.